The van der Waals surface area contributed by atoms with Crippen LogP contribution in [0.5, 0.6) is 0 Å². The Morgan fingerprint density at radius 2 is 1.87 bits per heavy atom. The maximum atomic E-state index is 13.1. The lowest BCUT2D eigenvalue weighted by molar-refractivity contribution is 0.144. The molecule has 0 N–H and O–H groups in total. The second kappa shape index (κ2) is 8.95. The Morgan fingerprint density at radius 3 is 2.55 bits per heavy atom. The number of nitrogens with zero attached hydrogens (tertiary/aromatic N) is 5. The van der Waals surface area contributed by atoms with Crippen LogP contribution in [0.2, 0.25) is 0 Å². The molecule has 3 heterocycles. The molecule has 0 aliphatic carbocycles. The average molecular weight is 478 g/mol. The third kappa shape index (κ3) is 4.68. The summed E-state index contributed by atoms with van der Waals surface area (Å²) in [6, 6.07) is 9.71. The van der Waals surface area contributed by atoms with Crippen molar-refractivity contribution in [3.05, 3.63) is 62.3 Å². The number of benzene rings is 1. The lowest BCUT2D eigenvalue weighted by Gasteiger charge is -2.34. The summed E-state index contributed by atoms with van der Waals surface area (Å²) in [6.07, 6.45) is 0.757. The minimum absolute atomic E-state index is 0.408. The molecule has 0 saturated carbocycles. The second-order valence-electron chi connectivity index (χ2n) is 7.95. The van der Waals surface area contributed by atoms with E-state index >= 15 is 0 Å². The highest BCUT2D eigenvalue weighted by atomic mass is 32.2. The molecule has 1 saturated heterocycles. The second-order valence-corrected chi connectivity index (χ2v) is 11.2. The molecule has 0 unspecified atom stereocenters. The summed E-state index contributed by atoms with van der Waals surface area (Å²) in [4.78, 5) is 3.86. The van der Waals surface area contributed by atoms with Crippen molar-refractivity contribution in [1.29, 1.82) is 0 Å². The van der Waals surface area contributed by atoms with E-state index < -0.39 is 10.0 Å². The molecule has 31 heavy (non-hydrogen) atoms. The number of hydrogen-bond acceptors (Lipinski definition) is 6. The highest BCUT2D eigenvalue weighted by Crippen LogP contribution is 2.22. The van der Waals surface area contributed by atoms with E-state index in [4.69, 9.17) is 17.3 Å². The standard InChI is InChI=1S/C21H27N5O2S3/c1-16-6-7-17(2)19(13-16)31(27,28)25-10-8-24(9-11-25)15-26-21(29)23(3)20(22-26)14-18-5-4-12-30-18/h4-7,12-13H,8-11,14-15H2,1-3H3. The van der Waals surface area contributed by atoms with Crippen LogP contribution in [0.1, 0.15) is 21.8 Å². The van der Waals surface area contributed by atoms with E-state index in [-0.39, 0.29) is 0 Å². The molecule has 3 aromatic rings. The zero-order chi connectivity index (χ0) is 22.2. The summed E-state index contributed by atoms with van der Waals surface area (Å²) in [7, 11) is -1.54. The van der Waals surface area contributed by atoms with Crippen molar-refractivity contribution < 1.29 is 8.42 Å². The van der Waals surface area contributed by atoms with Crippen molar-refractivity contribution in [3.8, 4) is 0 Å². The molecule has 0 spiro atoms. The van der Waals surface area contributed by atoms with Gasteiger partial charge in [-0.15, -0.1) is 11.3 Å². The van der Waals surface area contributed by atoms with E-state index in [0.29, 0.717) is 42.5 Å². The average Bonchev–Trinajstić information content (AvgIpc) is 3.35. The molecular formula is C21H27N5O2S3. The Hall–Kier alpha value is -1.85. The molecule has 10 heteroatoms. The Kier molecular flexibility index (Phi) is 6.45. The van der Waals surface area contributed by atoms with E-state index in [2.05, 4.69) is 16.3 Å². The maximum absolute atomic E-state index is 13.1. The SMILES string of the molecule is Cc1ccc(C)c(S(=O)(=O)N2CCN(Cn3nc(Cc4cccs4)n(C)c3=S)CC2)c1. The molecule has 1 fully saturated rings. The first-order valence-electron chi connectivity index (χ1n) is 10.2. The van der Waals surface area contributed by atoms with Gasteiger partial charge in [0, 0.05) is 44.5 Å². The van der Waals surface area contributed by atoms with Gasteiger partial charge in [0.1, 0.15) is 5.82 Å². The van der Waals surface area contributed by atoms with Gasteiger partial charge in [0.2, 0.25) is 10.0 Å². The number of aryl methyl sites for hydroxylation is 2. The molecule has 1 aliphatic heterocycles. The van der Waals surface area contributed by atoms with E-state index in [1.807, 2.05) is 48.3 Å². The zero-order valence-corrected chi connectivity index (χ0v) is 20.4. The van der Waals surface area contributed by atoms with Crippen LogP contribution in [0.3, 0.4) is 0 Å². The number of hydrogen-bond donors (Lipinski definition) is 0. The van der Waals surface area contributed by atoms with Crippen molar-refractivity contribution >= 4 is 33.6 Å². The van der Waals surface area contributed by atoms with Crippen LogP contribution in [-0.2, 0) is 30.2 Å². The highest BCUT2D eigenvalue weighted by molar-refractivity contribution is 7.89. The zero-order valence-electron chi connectivity index (χ0n) is 18.0. The predicted octanol–water partition coefficient (Wildman–Crippen LogP) is 3.18. The fourth-order valence-corrected chi connectivity index (χ4v) is 6.41. The molecule has 0 radical (unpaired) electrons. The molecule has 2 aromatic heterocycles. The van der Waals surface area contributed by atoms with Gasteiger partial charge in [-0.3, -0.25) is 4.90 Å². The van der Waals surface area contributed by atoms with Crippen molar-refractivity contribution in [1.82, 2.24) is 23.6 Å². The number of thiophene rings is 1. The molecule has 4 rings (SSSR count). The first-order valence-corrected chi connectivity index (χ1v) is 12.9. The van der Waals surface area contributed by atoms with Gasteiger partial charge in [-0.1, -0.05) is 18.2 Å². The normalized spacial score (nSPS) is 16.1. The lowest BCUT2D eigenvalue weighted by Crippen LogP contribution is -2.49. The van der Waals surface area contributed by atoms with Crippen molar-refractivity contribution in [2.24, 2.45) is 7.05 Å². The van der Waals surface area contributed by atoms with Crippen LogP contribution in [0, 0.1) is 18.6 Å². The third-order valence-electron chi connectivity index (χ3n) is 5.67. The van der Waals surface area contributed by atoms with Gasteiger partial charge in [-0.2, -0.15) is 9.40 Å². The Bertz CT molecular complexity index is 1220. The van der Waals surface area contributed by atoms with Crippen LogP contribution in [0.4, 0.5) is 0 Å². The fraction of sp³-hybridized carbons (Fsp3) is 0.429. The van der Waals surface area contributed by atoms with Gasteiger partial charge in [-0.05, 0) is 54.7 Å². The van der Waals surface area contributed by atoms with Crippen LogP contribution in [0.25, 0.3) is 0 Å². The van der Waals surface area contributed by atoms with Crippen molar-refractivity contribution in [3.63, 3.8) is 0 Å². The molecule has 7 nitrogen and oxygen atoms in total. The summed E-state index contributed by atoms with van der Waals surface area (Å²) in [5.74, 6) is 0.934. The topological polar surface area (TPSA) is 63.4 Å². The van der Waals surface area contributed by atoms with Crippen LogP contribution >= 0.6 is 23.6 Å². The molecule has 0 bridgehead atoms. The number of sulfonamides is 1. The first kappa shape index (κ1) is 22.3. The minimum Gasteiger partial charge on any atom is -0.307 e. The Balaban J connectivity index is 1.43. The molecule has 0 amide bonds. The van der Waals surface area contributed by atoms with E-state index in [9.17, 15) is 8.42 Å². The van der Waals surface area contributed by atoms with Gasteiger partial charge in [-0.25, -0.2) is 13.1 Å². The first-order chi connectivity index (χ1) is 14.8. The fourth-order valence-electron chi connectivity index (χ4n) is 3.77. The summed E-state index contributed by atoms with van der Waals surface area (Å²) in [5, 5.41) is 6.79. The smallest absolute Gasteiger partial charge is 0.243 e. The molecule has 0 atom stereocenters. The van der Waals surface area contributed by atoms with Gasteiger partial charge in [0.15, 0.2) is 4.77 Å². The summed E-state index contributed by atoms with van der Waals surface area (Å²) >= 11 is 7.30. The monoisotopic (exact) mass is 477 g/mol. The lowest BCUT2D eigenvalue weighted by atomic mass is 10.2. The molecule has 1 aromatic carbocycles. The summed E-state index contributed by atoms with van der Waals surface area (Å²) < 4.78 is 32.4. The predicted molar refractivity (Wildman–Crippen MR) is 125 cm³/mol. The van der Waals surface area contributed by atoms with Gasteiger partial charge >= 0.3 is 0 Å². The van der Waals surface area contributed by atoms with Crippen LogP contribution in [-0.4, -0.2) is 58.1 Å². The molecular weight excluding hydrogens is 450 g/mol. The van der Waals surface area contributed by atoms with E-state index in [1.165, 1.54) is 4.88 Å². The van der Waals surface area contributed by atoms with Crippen molar-refractivity contribution in [2.75, 3.05) is 26.2 Å². The highest BCUT2D eigenvalue weighted by Gasteiger charge is 2.30. The Labute approximate surface area is 192 Å². The molecule has 166 valence electrons. The van der Waals surface area contributed by atoms with Crippen LogP contribution in [0.15, 0.2) is 40.6 Å². The van der Waals surface area contributed by atoms with E-state index in [0.717, 1.165) is 23.4 Å². The van der Waals surface area contributed by atoms with Crippen molar-refractivity contribution in [2.45, 2.75) is 31.8 Å². The quantitative estimate of drug-likeness (QED) is 0.510. The largest absolute Gasteiger partial charge is 0.307 e. The number of aromatic nitrogens is 3. The summed E-state index contributed by atoms with van der Waals surface area (Å²) in [6.45, 7) is 6.52. The van der Waals surface area contributed by atoms with Crippen LogP contribution < -0.4 is 0 Å². The maximum Gasteiger partial charge on any atom is 0.243 e. The number of rotatable bonds is 6. The third-order valence-corrected chi connectivity index (χ3v) is 9.07. The number of piperazine rings is 1. The Morgan fingerprint density at radius 1 is 1.13 bits per heavy atom. The van der Waals surface area contributed by atoms with Gasteiger partial charge < -0.3 is 4.57 Å². The van der Waals surface area contributed by atoms with Gasteiger partial charge in [0.05, 0.1) is 11.6 Å². The van der Waals surface area contributed by atoms with Gasteiger partial charge in [0.25, 0.3) is 0 Å². The minimum atomic E-state index is -3.49. The van der Waals surface area contributed by atoms with E-state index in [1.54, 1.807) is 21.7 Å². The molecule has 1 aliphatic rings. The summed E-state index contributed by atoms with van der Waals surface area (Å²) in [5.41, 5.74) is 1.73.